The Bertz CT molecular complexity index is 743. The quantitative estimate of drug-likeness (QED) is 0.478. The number of hydrogen-bond acceptors (Lipinski definition) is 7. The van der Waals surface area contributed by atoms with Gasteiger partial charge in [-0.3, -0.25) is 9.87 Å². The zero-order chi connectivity index (χ0) is 14.6. The van der Waals surface area contributed by atoms with Gasteiger partial charge in [-0.25, -0.2) is 4.98 Å². The van der Waals surface area contributed by atoms with E-state index < -0.39 is 10.3 Å². The van der Waals surface area contributed by atoms with E-state index in [1.807, 2.05) is 0 Å². The molecule has 0 amide bonds. The maximum atomic E-state index is 11.5. The Morgan fingerprint density at radius 3 is 2.55 bits per heavy atom. The second-order valence-electron chi connectivity index (χ2n) is 3.42. The molecule has 0 aliphatic heterocycles. The first kappa shape index (κ1) is 13.7. The van der Waals surface area contributed by atoms with Gasteiger partial charge >= 0.3 is 10.3 Å². The molecular formula is C10H8N6O3S. The van der Waals surface area contributed by atoms with E-state index >= 15 is 0 Å². The Hall–Kier alpha value is -2.77. The number of anilines is 3. The van der Waals surface area contributed by atoms with Crippen molar-refractivity contribution in [2.45, 2.75) is 0 Å². The minimum Gasteiger partial charge on any atom is -0.269 e. The second kappa shape index (κ2) is 5.47. The van der Waals surface area contributed by atoms with Crippen LogP contribution in [-0.2, 0) is 10.3 Å². The summed E-state index contributed by atoms with van der Waals surface area (Å²) in [6, 6.07) is 7.76. The van der Waals surface area contributed by atoms with Crippen molar-refractivity contribution in [3.05, 3.63) is 36.7 Å². The number of nitrogens with one attached hydrogen (secondary N) is 1. The van der Waals surface area contributed by atoms with Crippen LogP contribution in [0, 0.1) is 11.5 Å². The monoisotopic (exact) mass is 292 g/mol. The van der Waals surface area contributed by atoms with E-state index in [0.29, 0.717) is 4.31 Å². The highest BCUT2D eigenvalue weighted by Crippen LogP contribution is 2.24. The van der Waals surface area contributed by atoms with E-state index in [1.54, 1.807) is 24.4 Å². The van der Waals surface area contributed by atoms with Gasteiger partial charge in [0.25, 0.3) is 5.95 Å². The van der Waals surface area contributed by atoms with Crippen molar-refractivity contribution in [3.8, 4) is 6.19 Å². The van der Waals surface area contributed by atoms with Crippen molar-refractivity contribution in [1.82, 2.24) is 15.0 Å². The standard InChI is InChI=1S/C10H8N6O3S/c11-6-12-9-13-7-14-10(15-9)16(20(17,18)19)8-4-2-1-3-5-8/h1-5,7H,(H,17,18,19)(H,12,13,14,15). The third kappa shape index (κ3) is 2.97. The van der Waals surface area contributed by atoms with Gasteiger partial charge in [0.2, 0.25) is 5.95 Å². The minimum atomic E-state index is -4.63. The van der Waals surface area contributed by atoms with Crippen molar-refractivity contribution >= 4 is 27.9 Å². The molecule has 2 rings (SSSR count). The number of nitriles is 1. The first-order valence-corrected chi connectivity index (χ1v) is 6.59. The lowest BCUT2D eigenvalue weighted by molar-refractivity contribution is 0.482. The molecule has 9 nitrogen and oxygen atoms in total. The topological polar surface area (TPSA) is 132 Å². The molecule has 0 spiro atoms. The van der Waals surface area contributed by atoms with Crippen LogP contribution in [0.4, 0.5) is 17.6 Å². The molecule has 10 heteroatoms. The Morgan fingerprint density at radius 1 is 1.25 bits per heavy atom. The molecule has 0 aliphatic carbocycles. The lowest BCUT2D eigenvalue weighted by atomic mass is 10.3. The van der Waals surface area contributed by atoms with Gasteiger partial charge in [-0.05, 0) is 12.1 Å². The molecule has 2 aromatic rings. The highest BCUT2D eigenvalue weighted by molar-refractivity contribution is 7.87. The molecule has 0 saturated carbocycles. The summed E-state index contributed by atoms with van der Waals surface area (Å²) in [5.41, 5.74) is 0.143. The summed E-state index contributed by atoms with van der Waals surface area (Å²) in [7, 11) is -4.63. The molecule has 2 N–H and O–H groups in total. The zero-order valence-corrected chi connectivity index (χ0v) is 10.7. The number of aromatic nitrogens is 3. The van der Waals surface area contributed by atoms with Crippen LogP contribution in [-0.4, -0.2) is 27.9 Å². The summed E-state index contributed by atoms with van der Waals surface area (Å²) in [5.74, 6) is -0.478. The van der Waals surface area contributed by atoms with Crippen molar-refractivity contribution in [2.24, 2.45) is 0 Å². The predicted molar refractivity (Wildman–Crippen MR) is 69.2 cm³/mol. The first-order valence-electron chi connectivity index (χ1n) is 5.19. The van der Waals surface area contributed by atoms with Crippen LogP contribution in [0.2, 0.25) is 0 Å². The summed E-state index contributed by atoms with van der Waals surface area (Å²) in [5, 5.41) is 10.6. The number of rotatable bonds is 4. The Kier molecular flexibility index (Phi) is 3.74. The SMILES string of the molecule is N#CNc1ncnc(N(c2ccccc2)S(=O)(=O)O)n1. The van der Waals surface area contributed by atoms with Crippen LogP contribution in [0.5, 0.6) is 0 Å². The summed E-state index contributed by atoms with van der Waals surface area (Å²) in [6.45, 7) is 0. The van der Waals surface area contributed by atoms with E-state index in [9.17, 15) is 13.0 Å². The van der Waals surface area contributed by atoms with Crippen LogP contribution in [0.15, 0.2) is 36.7 Å². The highest BCUT2D eigenvalue weighted by Gasteiger charge is 2.24. The molecule has 0 unspecified atom stereocenters. The number of benzene rings is 1. The molecule has 0 atom stereocenters. The molecule has 0 saturated heterocycles. The van der Waals surface area contributed by atoms with Crippen LogP contribution in [0.1, 0.15) is 0 Å². The second-order valence-corrected chi connectivity index (χ2v) is 4.68. The first-order chi connectivity index (χ1) is 9.52. The summed E-state index contributed by atoms with van der Waals surface area (Å²) in [6.07, 6.45) is 2.61. The average Bonchev–Trinajstić information content (AvgIpc) is 2.39. The van der Waals surface area contributed by atoms with E-state index in [1.165, 1.54) is 12.1 Å². The van der Waals surface area contributed by atoms with Gasteiger partial charge in [0.15, 0.2) is 6.19 Å². The molecule has 0 aliphatic rings. The summed E-state index contributed by atoms with van der Waals surface area (Å²) < 4.78 is 32.8. The molecule has 1 aromatic carbocycles. The fraction of sp³-hybridized carbons (Fsp3) is 0. The third-order valence-electron chi connectivity index (χ3n) is 2.13. The van der Waals surface area contributed by atoms with Crippen LogP contribution >= 0.6 is 0 Å². The van der Waals surface area contributed by atoms with Crippen LogP contribution < -0.4 is 9.62 Å². The maximum absolute atomic E-state index is 11.5. The van der Waals surface area contributed by atoms with Gasteiger partial charge < -0.3 is 0 Å². The average molecular weight is 292 g/mol. The number of para-hydroxylation sites is 1. The number of nitrogens with zero attached hydrogens (tertiary/aromatic N) is 5. The Labute approximate surface area is 114 Å². The normalized spacial score (nSPS) is 10.6. The van der Waals surface area contributed by atoms with Crippen molar-refractivity contribution < 1.29 is 13.0 Å². The van der Waals surface area contributed by atoms with Crippen LogP contribution in [0.3, 0.4) is 0 Å². The molecule has 0 radical (unpaired) electrons. The molecule has 20 heavy (non-hydrogen) atoms. The Morgan fingerprint density at radius 2 is 1.95 bits per heavy atom. The number of hydrogen-bond donors (Lipinski definition) is 2. The Balaban J connectivity index is 2.54. The van der Waals surface area contributed by atoms with E-state index in [-0.39, 0.29) is 17.6 Å². The largest absolute Gasteiger partial charge is 0.366 e. The fourth-order valence-electron chi connectivity index (χ4n) is 1.41. The van der Waals surface area contributed by atoms with Crippen molar-refractivity contribution in [3.63, 3.8) is 0 Å². The van der Waals surface area contributed by atoms with E-state index in [4.69, 9.17) is 5.26 Å². The molecule has 0 bridgehead atoms. The molecule has 1 heterocycles. The third-order valence-corrected chi connectivity index (χ3v) is 2.97. The summed E-state index contributed by atoms with van der Waals surface area (Å²) >= 11 is 0. The van der Waals surface area contributed by atoms with E-state index in [2.05, 4.69) is 20.3 Å². The molecular weight excluding hydrogens is 284 g/mol. The maximum Gasteiger partial charge on any atom is 0.366 e. The fourth-order valence-corrected chi connectivity index (χ4v) is 2.09. The van der Waals surface area contributed by atoms with Crippen molar-refractivity contribution in [1.29, 1.82) is 5.26 Å². The van der Waals surface area contributed by atoms with Gasteiger partial charge in [0, 0.05) is 0 Å². The molecule has 0 fully saturated rings. The lowest BCUT2D eigenvalue weighted by Crippen LogP contribution is -2.27. The van der Waals surface area contributed by atoms with Gasteiger partial charge in [-0.1, -0.05) is 18.2 Å². The van der Waals surface area contributed by atoms with Gasteiger partial charge in [0.1, 0.15) is 6.33 Å². The highest BCUT2D eigenvalue weighted by atomic mass is 32.2. The minimum absolute atomic E-state index is 0.137. The molecule has 1 aromatic heterocycles. The van der Waals surface area contributed by atoms with E-state index in [0.717, 1.165) is 6.33 Å². The summed E-state index contributed by atoms with van der Waals surface area (Å²) in [4.78, 5) is 11.0. The smallest absolute Gasteiger partial charge is 0.269 e. The van der Waals surface area contributed by atoms with Gasteiger partial charge in [-0.2, -0.15) is 28.0 Å². The van der Waals surface area contributed by atoms with Gasteiger partial charge in [0.05, 0.1) is 5.69 Å². The predicted octanol–water partition coefficient (Wildman–Crippen LogP) is 0.705. The van der Waals surface area contributed by atoms with Crippen LogP contribution in [0.25, 0.3) is 0 Å². The van der Waals surface area contributed by atoms with Gasteiger partial charge in [-0.15, -0.1) is 0 Å². The van der Waals surface area contributed by atoms with Crippen molar-refractivity contribution in [2.75, 3.05) is 9.62 Å². The lowest BCUT2D eigenvalue weighted by Gasteiger charge is -2.18. The molecule has 102 valence electrons. The zero-order valence-electron chi connectivity index (χ0n) is 9.87.